The fourth-order valence-electron chi connectivity index (χ4n) is 1.34. The summed E-state index contributed by atoms with van der Waals surface area (Å²) in [5, 5.41) is 8.82. The average molecular weight is 225 g/mol. The van der Waals surface area contributed by atoms with Gasteiger partial charge in [0.15, 0.2) is 5.78 Å². The summed E-state index contributed by atoms with van der Waals surface area (Å²) in [6.45, 7) is 1.51. The molecule has 0 aliphatic heterocycles. The Morgan fingerprint density at radius 2 is 2.06 bits per heavy atom. The Labute approximate surface area is 91.9 Å². The van der Waals surface area contributed by atoms with Gasteiger partial charge in [0.1, 0.15) is 5.82 Å². The Hall–Kier alpha value is -1.75. The molecule has 0 spiro atoms. The molecule has 0 atom stereocenters. The van der Waals surface area contributed by atoms with Gasteiger partial charge in [-0.1, -0.05) is 0 Å². The highest BCUT2D eigenvalue weighted by Crippen LogP contribution is 2.17. The summed E-state index contributed by atoms with van der Waals surface area (Å²) in [4.78, 5) is 22.2. The summed E-state index contributed by atoms with van der Waals surface area (Å²) >= 11 is 0. The van der Waals surface area contributed by atoms with E-state index < -0.39 is 11.8 Å². The lowest BCUT2D eigenvalue weighted by Crippen LogP contribution is -2.11. The van der Waals surface area contributed by atoms with E-state index >= 15 is 0 Å². The summed E-state index contributed by atoms with van der Waals surface area (Å²) in [5.74, 6) is -2.30. The highest BCUT2D eigenvalue weighted by atomic mass is 19.1. The van der Waals surface area contributed by atoms with Crippen molar-refractivity contribution in [2.24, 2.45) is 5.73 Å². The van der Waals surface area contributed by atoms with Gasteiger partial charge in [-0.3, -0.25) is 4.79 Å². The number of carbonyl (C=O) groups excluding carboxylic acids is 1. The average Bonchev–Trinajstić information content (AvgIpc) is 2.21. The van der Waals surface area contributed by atoms with Crippen LogP contribution in [0.2, 0.25) is 0 Å². The number of Topliss-reactive ketones (excluding diaryl/α,β-unsaturated/α-hetero) is 1. The largest absolute Gasteiger partial charge is 0.478 e. The number of carboxylic acids is 1. The van der Waals surface area contributed by atoms with Crippen molar-refractivity contribution in [2.45, 2.75) is 13.3 Å². The number of ketones is 1. The normalized spacial score (nSPS) is 10.2. The second kappa shape index (κ2) is 4.85. The molecule has 1 aromatic carbocycles. The Morgan fingerprint density at radius 1 is 1.44 bits per heavy atom. The molecule has 0 saturated carbocycles. The van der Waals surface area contributed by atoms with E-state index in [0.717, 1.165) is 6.07 Å². The van der Waals surface area contributed by atoms with Crippen molar-refractivity contribution in [3.8, 4) is 0 Å². The monoisotopic (exact) mass is 225 g/mol. The molecule has 1 aromatic rings. The third kappa shape index (κ3) is 2.43. The van der Waals surface area contributed by atoms with E-state index in [1.54, 1.807) is 0 Å². The van der Waals surface area contributed by atoms with Crippen molar-refractivity contribution < 1.29 is 19.1 Å². The molecule has 5 heteroatoms. The smallest absolute Gasteiger partial charge is 0.336 e. The molecule has 86 valence electrons. The number of nitrogens with two attached hydrogens (primary N) is 1. The summed E-state index contributed by atoms with van der Waals surface area (Å²) in [6, 6.07) is 2.22. The van der Waals surface area contributed by atoms with Crippen molar-refractivity contribution >= 4 is 11.8 Å². The van der Waals surface area contributed by atoms with Crippen molar-refractivity contribution in [1.29, 1.82) is 0 Å². The maximum absolute atomic E-state index is 13.4. The molecule has 0 heterocycles. The molecule has 0 unspecified atom stereocenters. The number of hydrogen-bond donors (Lipinski definition) is 2. The van der Waals surface area contributed by atoms with Gasteiger partial charge in [0.25, 0.3) is 0 Å². The minimum absolute atomic E-state index is 0.0248. The summed E-state index contributed by atoms with van der Waals surface area (Å²) in [6.07, 6.45) is 0.0710. The molecule has 1 rings (SSSR count). The highest BCUT2D eigenvalue weighted by molar-refractivity contribution is 5.99. The Kier molecular flexibility index (Phi) is 3.73. The van der Waals surface area contributed by atoms with E-state index in [4.69, 9.17) is 10.8 Å². The van der Waals surface area contributed by atoms with Gasteiger partial charge >= 0.3 is 5.97 Å². The van der Waals surface area contributed by atoms with Crippen LogP contribution >= 0.6 is 0 Å². The van der Waals surface area contributed by atoms with E-state index in [9.17, 15) is 14.0 Å². The van der Waals surface area contributed by atoms with E-state index in [1.165, 1.54) is 13.0 Å². The number of halogens is 1. The van der Waals surface area contributed by atoms with Crippen LogP contribution in [0, 0.1) is 12.7 Å². The fraction of sp³-hybridized carbons (Fsp3) is 0.273. The topological polar surface area (TPSA) is 80.4 Å². The van der Waals surface area contributed by atoms with Gasteiger partial charge in [0, 0.05) is 12.0 Å². The minimum Gasteiger partial charge on any atom is -0.478 e. The number of carbonyl (C=O) groups is 2. The molecule has 0 radical (unpaired) electrons. The third-order valence-electron chi connectivity index (χ3n) is 2.27. The molecule has 0 saturated heterocycles. The van der Waals surface area contributed by atoms with Crippen LogP contribution in [0.4, 0.5) is 4.39 Å². The van der Waals surface area contributed by atoms with Crippen LogP contribution in [0.25, 0.3) is 0 Å². The lowest BCUT2D eigenvalue weighted by Gasteiger charge is -2.06. The van der Waals surface area contributed by atoms with Crippen LogP contribution in [0.5, 0.6) is 0 Å². The van der Waals surface area contributed by atoms with Crippen molar-refractivity contribution in [3.05, 3.63) is 34.6 Å². The van der Waals surface area contributed by atoms with Crippen LogP contribution in [0.3, 0.4) is 0 Å². The number of aromatic carboxylic acids is 1. The van der Waals surface area contributed by atoms with Crippen molar-refractivity contribution in [1.82, 2.24) is 0 Å². The highest BCUT2D eigenvalue weighted by Gasteiger charge is 2.15. The molecular formula is C11H12FNO3. The molecule has 0 fully saturated rings. The van der Waals surface area contributed by atoms with Crippen LogP contribution in [-0.2, 0) is 0 Å². The van der Waals surface area contributed by atoms with Crippen molar-refractivity contribution in [3.63, 3.8) is 0 Å². The molecular weight excluding hydrogens is 213 g/mol. The fourth-order valence-corrected chi connectivity index (χ4v) is 1.34. The molecule has 0 bridgehead atoms. The van der Waals surface area contributed by atoms with Gasteiger partial charge in [0.05, 0.1) is 5.56 Å². The predicted molar refractivity (Wildman–Crippen MR) is 56.1 cm³/mol. The molecule has 3 N–H and O–H groups in total. The second-order valence-corrected chi connectivity index (χ2v) is 3.40. The number of carboxylic acid groups (broad SMARTS) is 1. The Balaban J connectivity index is 3.24. The quantitative estimate of drug-likeness (QED) is 0.758. The second-order valence-electron chi connectivity index (χ2n) is 3.40. The van der Waals surface area contributed by atoms with E-state index in [0.29, 0.717) is 0 Å². The van der Waals surface area contributed by atoms with Crippen LogP contribution < -0.4 is 5.73 Å². The minimum atomic E-state index is -1.25. The van der Waals surface area contributed by atoms with Crippen LogP contribution in [0.1, 0.15) is 32.7 Å². The Bertz CT molecular complexity index is 443. The number of hydrogen-bond acceptors (Lipinski definition) is 3. The molecule has 0 aromatic heterocycles. The Morgan fingerprint density at radius 3 is 2.56 bits per heavy atom. The zero-order valence-electron chi connectivity index (χ0n) is 8.79. The van der Waals surface area contributed by atoms with E-state index in [1.807, 2.05) is 0 Å². The summed E-state index contributed by atoms with van der Waals surface area (Å²) in [7, 11) is 0. The number of rotatable bonds is 4. The lowest BCUT2D eigenvalue weighted by molar-refractivity contribution is 0.0695. The first-order valence-electron chi connectivity index (χ1n) is 4.74. The van der Waals surface area contributed by atoms with Gasteiger partial charge in [-0.2, -0.15) is 0 Å². The maximum atomic E-state index is 13.4. The summed E-state index contributed by atoms with van der Waals surface area (Å²) < 4.78 is 13.4. The number of benzene rings is 1. The van der Waals surface area contributed by atoms with Crippen LogP contribution in [-0.4, -0.2) is 23.4 Å². The van der Waals surface area contributed by atoms with E-state index in [2.05, 4.69) is 0 Å². The molecule has 0 aliphatic rings. The van der Waals surface area contributed by atoms with Gasteiger partial charge in [-0.05, 0) is 31.2 Å². The van der Waals surface area contributed by atoms with E-state index in [-0.39, 0.29) is 35.4 Å². The van der Waals surface area contributed by atoms with Gasteiger partial charge in [-0.15, -0.1) is 0 Å². The zero-order valence-corrected chi connectivity index (χ0v) is 8.79. The summed E-state index contributed by atoms with van der Waals surface area (Å²) in [5.41, 5.74) is 5.08. The van der Waals surface area contributed by atoms with Gasteiger partial charge in [0.2, 0.25) is 0 Å². The molecule has 0 amide bonds. The SMILES string of the molecule is Cc1c(F)cc(C(=O)CCN)cc1C(=O)O. The first-order chi connectivity index (χ1) is 7.47. The predicted octanol–water partition coefficient (Wildman–Crippen LogP) is 1.36. The maximum Gasteiger partial charge on any atom is 0.336 e. The third-order valence-corrected chi connectivity index (χ3v) is 2.27. The van der Waals surface area contributed by atoms with Crippen LogP contribution in [0.15, 0.2) is 12.1 Å². The zero-order chi connectivity index (χ0) is 12.3. The standard InChI is InChI=1S/C11H12FNO3/c1-6-8(11(15)16)4-7(5-9(6)12)10(14)2-3-13/h4-5H,2-3,13H2,1H3,(H,15,16). The van der Waals surface area contributed by atoms with Gasteiger partial charge in [-0.25, -0.2) is 9.18 Å². The lowest BCUT2D eigenvalue weighted by atomic mass is 10.0. The van der Waals surface area contributed by atoms with Crippen molar-refractivity contribution in [2.75, 3.05) is 6.54 Å². The molecule has 16 heavy (non-hydrogen) atoms. The molecule has 0 aliphatic carbocycles. The molecule has 4 nitrogen and oxygen atoms in total. The first-order valence-corrected chi connectivity index (χ1v) is 4.74. The van der Waals surface area contributed by atoms with Gasteiger partial charge < -0.3 is 10.8 Å². The first kappa shape index (κ1) is 12.3.